The maximum atomic E-state index is 12.5. The van der Waals surface area contributed by atoms with Crippen LogP contribution in [-0.2, 0) is 23.0 Å². The molecule has 5 nitrogen and oxygen atoms in total. The van der Waals surface area contributed by atoms with Crippen LogP contribution in [0.4, 0.5) is 0 Å². The molecule has 0 amide bonds. The van der Waals surface area contributed by atoms with Gasteiger partial charge in [0, 0.05) is 37.1 Å². The number of likely N-dealkylation sites (tertiary alicyclic amines) is 1. The largest absolute Gasteiger partial charge is 0.481 e. The van der Waals surface area contributed by atoms with Crippen LogP contribution in [0, 0.1) is 0 Å². The first-order chi connectivity index (χ1) is 12.4. The van der Waals surface area contributed by atoms with Gasteiger partial charge in [-0.15, -0.1) is 11.3 Å². The predicted octanol–water partition coefficient (Wildman–Crippen LogP) is 3.49. The molecule has 1 aromatic heterocycles. The molecule has 0 unspecified atom stereocenters. The van der Waals surface area contributed by atoms with E-state index in [9.17, 15) is 8.42 Å². The smallest absolute Gasteiger partial charge is 0.214 e. The van der Waals surface area contributed by atoms with Gasteiger partial charge in [-0.1, -0.05) is 13.3 Å². The third-order valence-electron chi connectivity index (χ3n) is 5.45. The number of fused-ring (bicyclic) bond motifs is 1. The van der Waals surface area contributed by atoms with Gasteiger partial charge < -0.3 is 9.64 Å². The molecular formula is C19H32N2O3S2. The Labute approximate surface area is 162 Å². The SMILES string of the molecule is CCCCS(=O)(=O)N1CCc2sc(OC3CCN(C(C)C)CC3)cc2C1. The van der Waals surface area contributed by atoms with E-state index in [1.165, 1.54) is 4.88 Å². The Balaban J connectivity index is 1.58. The van der Waals surface area contributed by atoms with Crippen LogP contribution in [0.5, 0.6) is 5.06 Å². The standard InChI is InChI=1S/C19H32N2O3S2/c1-4-5-12-26(22,23)21-11-8-18-16(14-21)13-19(25-18)24-17-6-9-20(10-7-17)15(2)3/h13,15,17H,4-12,14H2,1-3H3. The zero-order valence-electron chi connectivity index (χ0n) is 16.2. The molecule has 148 valence electrons. The van der Waals surface area contributed by atoms with Gasteiger partial charge in [0.15, 0.2) is 5.06 Å². The van der Waals surface area contributed by atoms with E-state index in [4.69, 9.17) is 4.74 Å². The van der Waals surface area contributed by atoms with Crippen molar-refractivity contribution in [3.05, 3.63) is 16.5 Å². The van der Waals surface area contributed by atoms with Crippen molar-refractivity contribution in [2.24, 2.45) is 0 Å². The van der Waals surface area contributed by atoms with Gasteiger partial charge in [-0.2, -0.15) is 4.31 Å². The van der Waals surface area contributed by atoms with Crippen molar-refractivity contribution >= 4 is 21.4 Å². The van der Waals surface area contributed by atoms with Crippen molar-refractivity contribution in [1.82, 2.24) is 9.21 Å². The Bertz CT molecular complexity index is 692. The third kappa shape index (κ3) is 4.80. The lowest BCUT2D eigenvalue weighted by atomic mass is 10.1. The van der Waals surface area contributed by atoms with Crippen LogP contribution in [0.15, 0.2) is 6.07 Å². The van der Waals surface area contributed by atoms with Gasteiger partial charge in [-0.3, -0.25) is 0 Å². The van der Waals surface area contributed by atoms with Crippen molar-refractivity contribution in [3.8, 4) is 5.06 Å². The molecular weight excluding hydrogens is 368 g/mol. The molecule has 0 aromatic carbocycles. The third-order valence-corrected chi connectivity index (χ3v) is 8.48. The van der Waals surface area contributed by atoms with Crippen LogP contribution in [-0.4, -0.2) is 55.2 Å². The lowest BCUT2D eigenvalue weighted by Crippen LogP contribution is -2.41. The second-order valence-electron chi connectivity index (χ2n) is 7.71. The number of thiophene rings is 1. The molecule has 2 aliphatic rings. The summed E-state index contributed by atoms with van der Waals surface area (Å²) >= 11 is 1.71. The Morgan fingerprint density at radius 2 is 2.00 bits per heavy atom. The number of unbranched alkanes of at least 4 members (excludes halogenated alkanes) is 1. The molecule has 0 atom stereocenters. The highest BCUT2D eigenvalue weighted by Crippen LogP contribution is 2.35. The van der Waals surface area contributed by atoms with Crippen molar-refractivity contribution < 1.29 is 13.2 Å². The molecule has 2 aliphatic heterocycles. The molecule has 0 aliphatic carbocycles. The molecule has 1 saturated heterocycles. The molecule has 3 heterocycles. The summed E-state index contributed by atoms with van der Waals surface area (Å²) in [6.07, 6.45) is 4.87. The van der Waals surface area contributed by atoms with E-state index in [-0.39, 0.29) is 11.9 Å². The van der Waals surface area contributed by atoms with Gasteiger partial charge in [0.25, 0.3) is 0 Å². The van der Waals surface area contributed by atoms with Gasteiger partial charge in [-0.25, -0.2) is 8.42 Å². The van der Waals surface area contributed by atoms with Crippen LogP contribution in [0.2, 0.25) is 0 Å². The summed E-state index contributed by atoms with van der Waals surface area (Å²) in [5.74, 6) is 0.265. The van der Waals surface area contributed by atoms with Gasteiger partial charge in [-0.05, 0) is 51.2 Å². The monoisotopic (exact) mass is 400 g/mol. The first-order valence-corrected chi connectivity index (χ1v) is 12.3. The van der Waals surface area contributed by atoms with E-state index in [0.717, 1.165) is 55.8 Å². The molecule has 1 aromatic rings. The molecule has 0 bridgehead atoms. The maximum Gasteiger partial charge on any atom is 0.214 e. The van der Waals surface area contributed by atoms with E-state index in [1.54, 1.807) is 15.6 Å². The summed E-state index contributed by atoms with van der Waals surface area (Å²) in [7, 11) is -3.13. The summed E-state index contributed by atoms with van der Waals surface area (Å²) < 4.78 is 32.8. The quantitative estimate of drug-likeness (QED) is 0.703. The molecule has 0 N–H and O–H groups in total. The Morgan fingerprint density at radius 3 is 2.65 bits per heavy atom. The summed E-state index contributed by atoms with van der Waals surface area (Å²) in [6, 6.07) is 2.68. The number of hydrogen-bond acceptors (Lipinski definition) is 5. The Hall–Kier alpha value is -0.630. The molecule has 26 heavy (non-hydrogen) atoms. The molecule has 0 radical (unpaired) electrons. The van der Waals surface area contributed by atoms with Crippen molar-refractivity contribution in [2.75, 3.05) is 25.4 Å². The van der Waals surface area contributed by atoms with Crippen LogP contribution in [0.1, 0.15) is 56.9 Å². The van der Waals surface area contributed by atoms with Gasteiger partial charge in [0.1, 0.15) is 6.10 Å². The Morgan fingerprint density at radius 1 is 1.27 bits per heavy atom. The van der Waals surface area contributed by atoms with Crippen molar-refractivity contribution in [3.63, 3.8) is 0 Å². The minimum atomic E-state index is -3.13. The zero-order chi connectivity index (χ0) is 18.7. The average Bonchev–Trinajstić information content (AvgIpc) is 3.01. The molecule has 0 spiro atoms. The van der Waals surface area contributed by atoms with E-state index < -0.39 is 10.0 Å². The van der Waals surface area contributed by atoms with Crippen LogP contribution >= 0.6 is 11.3 Å². The average molecular weight is 401 g/mol. The lowest BCUT2D eigenvalue weighted by molar-refractivity contribution is 0.0867. The number of hydrogen-bond donors (Lipinski definition) is 0. The maximum absolute atomic E-state index is 12.5. The number of nitrogens with zero attached hydrogens (tertiary/aromatic N) is 2. The van der Waals surface area contributed by atoms with Crippen LogP contribution in [0.25, 0.3) is 0 Å². The number of piperidine rings is 1. The highest BCUT2D eigenvalue weighted by atomic mass is 32.2. The Kier molecular flexibility index (Phi) is 6.64. The summed E-state index contributed by atoms with van der Waals surface area (Å²) in [4.78, 5) is 3.79. The topological polar surface area (TPSA) is 49.9 Å². The van der Waals surface area contributed by atoms with Crippen molar-refractivity contribution in [2.45, 2.75) is 71.6 Å². The van der Waals surface area contributed by atoms with Gasteiger partial charge >= 0.3 is 0 Å². The second-order valence-corrected chi connectivity index (χ2v) is 10.9. The lowest BCUT2D eigenvalue weighted by Gasteiger charge is -2.34. The number of ether oxygens (including phenoxy) is 1. The molecule has 0 saturated carbocycles. The molecule has 7 heteroatoms. The highest BCUT2D eigenvalue weighted by molar-refractivity contribution is 7.89. The van der Waals surface area contributed by atoms with Crippen molar-refractivity contribution in [1.29, 1.82) is 0 Å². The first-order valence-electron chi connectivity index (χ1n) is 9.89. The van der Waals surface area contributed by atoms with E-state index in [0.29, 0.717) is 19.1 Å². The minimum Gasteiger partial charge on any atom is -0.481 e. The normalized spacial score (nSPS) is 20.5. The minimum absolute atomic E-state index is 0.265. The fourth-order valence-electron chi connectivity index (χ4n) is 3.71. The van der Waals surface area contributed by atoms with Gasteiger partial charge in [0.2, 0.25) is 10.0 Å². The number of sulfonamides is 1. The van der Waals surface area contributed by atoms with Crippen LogP contribution in [0.3, 0.4) is 0 Å². The number of rotatable bonds is 7. The zero-order valence-corrected chi connectivity index (χ0v) is 17.9. The fourth-order valence-corrected chi connectivity index (χ4v) is 6.40. The van der Waals surface area contributed by atoms with E-state index >= 15 is 0 Å². The fraction of sp³-hybridized carbons (Fsp3) is 0.789. The summed E-state index contributed by atoms with van der Waals surface area (Å²) in [5.41, 5.74) is 1.14. The summed E-state index contributed by atoms with van der Waals surface area (Å²) in [5, 5.41) is 0.964. The van der Waals surface area contributed by atoms with Crippen LogP contribution < -0.4 is 4.74 Å². The predicted molar refractivity (Wildman–Crippen MR) is 107 cm³/mol. The molecule has 1 fully saturated rings. The second kappa shape index (κ2) is 8.59. The highest BCUT2D eigenvalue weighted by Gasteiger charge is 2.29. The van der Waals surface area contributed by atoms with Gasteiger partial charge in [0.05, 0.1) is 5.75 Å². The summed E-state index contributed by atoms with van der Waals surface area (Å²) in [6.45, 7) is 9.81. The van der Waals surface area contributed by atoms with E-state index in [2.05, 4.69) is 24.8 Å². The van der Waals surface area contributed by atoms with E-state index in [1.807, 2.05) is 6.92 Å². The first kappa shape index (κ1) is 20.1. The molecule has 3 rings (SSSR count).